The summed E-state index contributed by atoms with van der Waals surface area (Å²) in [6, 6.07) is 59.3. The average Bonchev–Trinajstić information content (AvgIpc) is 0.994. The van der Waals surface area contributed by atoms with Gasteiger partial charge in [0, 0.05) is 132 Å². The molecule has 1 aliphatic heterocycles. The fourth-order valence-electron chi connectivity index (χ4n) is 9.54. The summed E-state index contributed by atoms with van der Waals surface area (Å²) in [6.45, 7) is 1.46. The number of carboxylic acids is 1. The first-order valence-corrected chi connectivity index (χ1v) is 46.9. The van der Waals surface area contributed by atoms with Crippen molar-refractivity contribution >= 4 is 199 Å². The normalized spacial score (nSPS) is 10.3. The maximum Gasteiger partial charge on any atom is 1.00 e. The summed E-state index contributed by atoms with van der Waals surface area (Å²) in [4.78, 5) is 68.5. The fraction of sp³-hybridized carbons (Fsp3) is 0.295. The number of carbonyl (C=O) groups excluding carboxylic acids is 5. The summed E-state index contributed by atoms with van der Waals surface area (Å²) in [5.41, 5.74) is 15.8. The predicted molar refractivity (Wildman–Crippen MR) is 553 cm³/mol. The van der Waals surface area contributed by atoms with Crippen molar-refractivity contribution in [2.75, 3.05) is 73.8 Å². The summed E-state index contributed by atoms with van der Waals surface area (Å²) >= 11 is 28.8. The molecule has 1 saturated heterocycles. The van der Waals surface area contributed by atoms with Crippen molar-refractivity contribution < 1.29 is 135 Å². The zero-order valence-corrected chi connectivity index (χ0v) is 84.5. The van der Waals surface area contributed by atoms with Crippen LogP contribution in [0.15, 0.2) is 228 Å². The van der Waals surface area contributed by atoms with E-state index in [-0.39, 0.29) is 78.1 Å². The third-order valence-corrected chi connectivity index (χ3v) is 20.7. The molecule has 1 atom stereocenters. The average molecular weight is 2320 g/mol. The number of benzene rings is 10. The van der Waals surface area contributed by atoms with Gasteiger partial charge in [0.15, 0.2) is 35.2 Å². The summed E-state index contributed by atoms with van der Waals surface area (Å²) in [7, 11) is 13.3. The van der Waals surface area contributed by atoms with Crippen LogP contribution in [0.2, 0.25) is 5.02 Å². The van der Waals surface area contributed by atoms with E-state index >= 15 is 0 Å². The van der Waals surface area contributed by atoms with Gasteiger partial charge in [-0.25, -0.2) is 26.6 Å². The first kappa shape index (κ1) is 143. The van der Waals surface area contributed by atoms with Crippen molar-refractivity contribution in [2.45, 2.75) is 129 Å². The van der Waals surface area contributed by atoms with Crippen molar-refractivity contribution in [3.63, 3.8) is 0 Å². The number of rotatable bonds is 25. The van der Waals surface area contributed by atoms with Crippen molar-refractivity contribution in [1.82, 2.24) is 0 Å². The van der Waals surface area contributed by atoms with Gasteiger partial charge in [0.25, 0.3) is 0 Å². The van der Waals surface area contributed by atoms with Crippen LogP contribution >= 0.6 is 149 Å². The van der Waals surface area contributed by atoms with Gasteiger partial charge in [-0.2, -0.15) is 17.9 Å². The minimum absolute atomic E-state index is 0. The number of carboxylic acid groups (broad SMARTS) is 1. The Hall–Kier alpha value is -6.86. The molecule has 10 aromatic carbocycles. The number of nitrogens with two attached hydrogens (primary N) is 1. The molecule has 10 aromatic rings. The zero-order chi connectivity index (χ0) is 96.1. The number of aromatic carboxylic acids is 1. The van der Waals surface area contributed by atoms with Gasteiger partial charge in [0.05, 0.1) is 38.0 Å². The Morgan fingerprint density at radius 3 is 1.06 bits per heavy atom. The second-order valence-corrected chi connectivity index (χ2v) is 34.6. The van der Waals surface area contributed by atoms with Crippen LogP contribution in [0.4, 0.5) is 23.2 Å². The van der Waals surface area contributed by atoms with Crippen molar-refractivity contribution in [1.29, 1.82) is 5.26 Å². The zero-order valence-electron chi connectivity index (χ0n) is 71.0. The number of ketones is 5. The van der Waals surface area contributed by atoms with Gasteiger partial charge >= 0.3 is 24.8 Å². The van der Waals surface area contributed by atoms with Crippen LogP contribution in [0.25, 0.3) is 0 Å². The number of methoxy groups -OCH3 is 3. The van der Waals surface area contributed by atoms with Crippen LogP contribution < -0.4 is 38.8 Å². The summed E-state index contributed by atoms with van der Waals surface area (Å²) in [6.07, 6.45) is 1.38. The van der Waals surface area contributed by atoms with E-state index < -0.39 is 97.7 Å². The molecule has 1 heterocycles. The number of Topliss-reactive ketones (excluding diaryl/α,β-unsaturated/α-hetero) is 5. The van der Waals surface area contributed by atoms with Gasteiger partial charge in [-0.15, -0.1) is 23.5 Å². The van der Waals surface area contributed by atoms with Crippen LogP contribution in [0.5, 0.6) is 17.2 Å². The van der Waals surface area contributed by atoms with E-state index in [0.29, 0.717) is 77.1 Å². The predicted octanol–water partition coefficient (Wildman–Crippen LogP) is 21.8. The molecule has 0 radical (unpaired) electrons. The van der Waals surface area contributed by atoms with E-state index in [1.165, 1.54) is 72.4 Å². The SMILES string of the molecule is C.C.C.C.C.CC#N.CO.COc1ccc(CS)cc1.COc1ccc(CSc2cc(CF)cc(C(=O)CO)c2)cc1.COc1ccc(CSc2cc(CF)cc(C(=O)CO)c2)cc1.Cc1cc(Br)cc(C(=O)CO)c1.Cc1cc(Br)cc(C(=O)O)c1.Nc1ccc(F)c(Cl)c1.O=C(CO)c1cc(Br)cc(CBr)c1.O=C(CO)c1cc(Br)cc(CF)c1.O=S(Cl)Cl.OC1CCCO1.[Li+].[OH-]. The molecule has 22 nitrogen and oxygen atoms in total. The molecule has 0 bridgehead atoms. The van der Waals surface area contributed by atoms with Crippen molar-refractivity contribution in [3.05, 3.63) is 312 Å². The largest absolute Gasteiger partial charge is 1.00 e. The Kier molecular flexibility index (Phi) is 89.6. The number of carbonyl (C=O) groups is 6. The molecule has 39 heteroatoms. The van der Waals surface area contributed by atoms with Crippen LogP contribution in [-0.4, -0.2) is 160 Å². The van der Waals surface area contributed by atoms with Gasteiger partial charge in [0.2, 0.25) is 9.23 Å². The molecule has 1 fully saturated rings. The second-order valence-electron chi connectivity index (χ2n) is 25.0. The number of nitriles is 1. The number of thiol groups is 1. The Morgan fingerprint density at radius 1 is 0.507 bits per heavy atom. The number of aliphatic hydroxyl groups excluding tert-OH is 7. The molecule has 11 N–H and O–H groups in total. The molecule has 0 amide bonds. The quantitative estimate of drug-likeness (QED) is 0.00371. The van der Waals surface area contributed by atoms with E-state index in [4.69, 9.17) is 86.6 Å². The van der Waals surface area contributed by atoms with Gasteiger partial charge in [-0.3, -0.25) is 24.0 Å². The van der Waals surface area contributed by atoms with Crippen LogP contribution in [0.3, 0.4) is 0 Å². The molecule has 1 aliphatic rings. The summed E-state index contributed by atoms with van der Waals surface area (Å²) < 4.78 is 82.5. The van der Waals surface area contributed by atoms with E-state index in [1.54, 1.807) is 100 Å². The molecular weight excluding hydrogens is 2210 g/mol. The van der Waals surface area contributed by atoms with Gasteiger partial charge < -0.3 is 71.0 Å². The van der Waals surface area contributed by atoms with Gasteiger partial charge in [0.1, 0.15) is 76.1 Å². The Morgan fingerprint density at radius 2 is 0.799 bits per heavy atom. The van der Waals surface area contributed by atoms with Crippen LogP contribution in [0, 0.1) is 31.0 Å². The number of hydrogen-bond acceptors (Lipinski definition) is 24. The van der Waals surface area contributed by atoms with Crippen molar-refractivity contribution in [2.24, 2.45) is 0 Å². The van der Waals surface area contributed by atoms with Crippen LogP contribution in [-0.2, 0) is 56.6 Å². The number of nitrogens with zero attached hydrogens (tertiary/aromatic N) is 1. The molecule has 0 aromatic heterocycles. The van der Waals surface area contributed by atoms with Crippen molar-refractivity contribution in [3.8, 4) is 23.3 Å². The monoisotopic (exact) mass is 2320 g/mol. The number of ether oxygens (including phenoxy) is 4. The van der Waals surface area contributed by atoms with E-state index in [9.17, 15) is 46.3 Å². The second kappa shape index (κ2) is 84.2. The van der Waals surface area contributed by atoms with E-state index in [1.807, 2.05) is 105 Å². The maximum atomic E-state index is 12.9. The topological polar surface area (TPSA) is 398 Å². The molecule has 0 aliphatic carbocycles. The minimum atomic E-state index is -1.67. The van der Waals surface area contributed by atoms with Gasteiger partial charge in [-0.05, 0) is 234 Å². The third-order valence-electron chi connectivity index (χ3n) is 15.4. The van der Waals surface area contributed by atoms with Gasteiger partial charge in [-0.1, -0.05) is 165 Å². The molecule has 0 spiro atoms. The number of anilines is 1. The molecule has 11 rings (SSSR count). The summed E-state index contributed by atoms with van der Waals surface area (Å²) in [5, 5.41) is 75.9. The number of alkyl halides is 4. The van der Waals surface area contributed by atoms with E-state index in [0.717, 1.165) is 101 Å². The third kappa shape index (κ3) is 62.9. The number of halogens is 12. The number of aliphatic hydroxyl groups is 7. The van der Waals surface area contributed by atoms with Crippen LogP contribution in [0.1, 0.15) is 169 Å². The molecular formula is C95H117Br5Cl3F4LiN2O20S4. The Bertz CT molecular complexity index is 4830. The number of hydrogen-bond donors (Lipinski definition) is 10. The molecule has 736 valence electrons. The molecule has 0 saturated carbocycles. The Balaban J connectivity index is -0.000000222. The van der Waals surface area contributed by atoms with E-state index in [2.05, 4.69) is 114 Å². The first-order chi connectivity index (χ1) is 60.5. The first-order valence-electron chi connectivity index (χ1n) is 36.8. The number of nitrogen functional groups attached to an aromatic ring is 1. The smallest absolute Gasteiger partial charge is 0.870 e. The fourth-order valence-corrected chi connectivity index (χ4v) is 14.5. The molecule has 1 unspecified atom stereocenters. The summed E-state index contributed by atoms with van der Waals surface area (Å²) in [5.74, 6) is 1.61. The maximum absolute atomic E-state index is 12.9. The minimum Gasteiger partial charge on any atom is -0.870 e. The molecule has 134 heavy (non-hydrogen) atoms. The number of thioether (sulfide) groups is 2. The number of aryl methyl sites for hydroxylation is 2. The standard InChI is InChI=1S/2C17H17FO3S.C9H8Br2O2.C9H8BrFO2.C9H9BrO2.C8H7BrO2.C8H10OS.C6H5ClFN.C4H8O2.C2H3N.CH4O.5CH4.Cl2OS.Li.H2O/c2*1-21-15-4-2-12(3-5-15)11-22-16-7-13(9-18)6-14(8-16)17(20)10-19;10-4-6-1-7(9(13)5-12)3-8(11)2-6;10-8-2-6(4-11)1-7(3-8)9(13)5-12;1-6-2-7(9(12)5-11)4-8(10)3-6;1-5-2-6(8(10)11)4-7(9)3-5;1-9-8-4-2-7(6-10)3-5-8;7-5-3-4(9)1-2-6(5)8;5-4-2-1-3-6-4;1-2-3;1-2;;;;;;1-4(2)3;;/h2*2-8,19H,9-11H2,1H3;2*1-3,12H,4-5H2;2-4,11H,5H2,1H3;2-4H,1H3,(H,10,11);2-5,10H,6H2,1H3;1-3H,9H2;4-5H,1-3H2;1H3;2H,1H3;5*1H4;;;1H2/q;;;;;;;;;;;;;;;;;+1;/p-1. The Labute approximate surface area is 869 Å².